The Balaban J connectivity index is 1.83. The molecule has 2 heterocycles. The number of hydrogen-bond acceptors (Lipinski definition) is 5. The molecule has 3 rings (SSSR count). The van der Waals surface area contributed by atoms with Crippen molar-refractivity contribution in [1.29, 1.82) is 0 Å². The van der Waals surface area contributed by atoms with Crippen LogP contribution in [0, 0.1) is 6.92 Å². The Kier molecular flexibility index (Phi) is 4.68. The fraction of sp³-hybridized carbons (Fsp3) is 0.222. The first-order chi connectivity index (χ1) is 11.2. The minimum Gasteiger partial charge on any atom is -0.467 e. The Morgan fingerprint density at radius 3 is 2.65 bits per heavy atom. The first-order valence-corrected chi connectivity index (χ1v) is 7.51. The second kappa shape index (κ2) is 7.07. The molecule has 5 heteroatoms. The lowest BCUT2D eigenvalue weighted by Crippen LogP contribution is -2.29. The van der Waals surface area contributed by atoms with E-state index in [1.165, 1.54) is 0 Å². The number of aliphatic hydroxyl groups excluding tert-OH is 1. The van der Waals surface area contributed by atoms with Crippen LogP contribution in [0.1, 0.15) is 23.1 Å². The minimum atomic E-state index is -0.719. The van der Waals surface area contributed by atoms with Crippen LogP contribution in [0.4, 0.5) is 5.82 Å². The highest BCUT2D eigenvalue weighted by Gasteiger charge is 2.17. The van der Waals surface area contributed by atoms with Gasteiger partial charge in [0.25, 0.3) is 0 Å². The minimum absolute atomic E-state index is 0.388. The molecule has 0 aliphatic carbocycles. The average Bonchev–Trinajstić information content (AvgIpc) is 3.10. The van der Waals surface area contributed by atoms with Gasteiger partial charge in [-0.3, -0.25) is 0 Å². The van der Waals surface area contributed by atoms with Gasteiger partial charge in [-0.25, -0.2) is 9.97 Å². The van der Waals surface area contributed by atoms with Crippen molar-refractivity contribution in [2.45, 2.75) is 19.6 Å². The summed E-state index contributed by atoms with van der Waals surface area (Å²) in [4.78, 5) is 10.5. The van der Waals surface area contributed by atoms with Crippen LogP contribution in [-0.4, -0.2) is 21.6 Å². The number of aliphatic hydroxyl groups is 1. The van der Waals surface area contributed by atoms with Gasteiger partial charge in [-0.05, 0) is 24.6 Å². The topological polar surface area (TPSA) is 62.4 Å². The first kappa shape index (κ1) is 15.2. The number of nitrogens with zero attached hydrogens (tertiary/aromatic N) is 3. The first-order valence-electron chi connectivity index (χ1n) is 7.51. The molecule has 23 heavy (non-hydrogen) atoms. The predicted octanol–water partition coefficient (Wildman–Crippen LogP) is 3.12. The summed E-state index contributed by atoms with van der Waals surface area (Å²) in [6.07, 6.45) is 2.39. The van der Waals surface area contributed by atoms with Crippen molar-refractivity contribution in [2.24, 2.45) is 0 Å². The normalized spacial score (nSPS) is 12.1. The maximum Gasteiger partial charge on any atom is 0.134 e. The van der Waals surface area contributed by atoms with Gasteiger partial charge in [0.15, 0.2) is 0 Å². The second-order valence-electron chi connectivity index (χ2n) is 5.41. The van der Waals surface area contributed by atoms with E-state index >= 15 is 0 Å². The van der Waals surface area contributed by atoms with E-state index < -0.39 is 6.10 Å². The van der Waals surface area contributed by atoms with Gasteiger partial charge in [0, 0.05) is 18.3 Å². The zero-order valence-electron chi connectivity index (χ0n) is 13.0. The molecule has 0 aliphatic heterocycles. The zero-order valence-corrected chi connectivity index (χ0v) is 13.0. The van der Waals surface area contributed by atoms with Crippen molar-refractivity contribution < 1.29 is 9.52 Å². The van der Waals surface area contributed by atoms with E-state index in [0.717, 1.165) is 17.1 Å². The van der Waals surface area contributed by atoms with Crippen molar-refractivity contribution in [1.82, 2.24) is 9.97 Å². The van der Waals surface area contributed by atoms with Gasteiger partial charge in [0.05, 0.1) is 12.8 Å². The van der Waals surface area contributed by atoms with Gasteiger partial charge in [-0.2, -0.15) is 0 Å². The molecule has 3 aromatic rings. The van der Waals surface area contributed by atoms with E-state index in [-0.39, 0.29) is 0 Å². The lowest BCUT2D eigenvalue weighted by atomic mass is 10.2. The molecule has 1 aromatic carbocycles. The molecular formula is C18H19N3O2. The SMILES string of the molecule is Cc1cc(N(Cc2ccccc2)C[C@@H](O)c2ccco2)ncn1. The summed E-state index contributed by atoms with van der Waals surface area (Å²) < 4.78 is 5.30. The molecular weight excluding hydrogens is 290 g/mol. The molecule has 118 valence electrons. The Bertz CT molecular complexity index is 729. The molecule has 0 fully saturated rings. The number of furan rings is 1. The van der Waals surface area contributed by atoms with Crippen LogP contribution in [0.5, 0.6) is 0 Å². The number of hydrogen-bond donors (Lipinski definition) is 1. The summed E-state index contributed by atoms with van der Waals surface area (Å²) in [6, 6.07) is 15.6. The third-order valence-electron chi connectivity index (χ3n) is 3.59. The lowest BCUT2D eigenvalue weighted by molar-refractivity contribution is 0.154. The van der Waals surface area contributed by atoms with E-state index in [2.05, 4.69) is 22.1 Å². The number of aryl methyl sites for hydroxylation is 1. The maximum atomic E-state index is 10.4. The summed E-state index contributed by atoms with van der Waals surface area (Å²) in [5.41, 5.74) is 2.04. The standard InChI is InChI=1S/C18H19N3O2/c1-14-10-18(20-13-19-14)21(11-15-6-3-2-4-7-15)12-16(22)17-8-5-9-23-17/h2-10,13,16,22H,11-12H2,1H3/t16-/m1/s1. The van der Waals surface area contributed by atoms with E-state index in [1.54, 1.807) is 24.7 Å². The van der Waals surface area contributed by atoms with Gasteiger partial charge < -0.3 is 14.4 Å². The Morgan fingerprint density at radius 1 is 1.13 bits per heavy atom. The van der Waals surface area contributed by atoms with Crippen molar-refractivity contribution in [3.05, 3.63) is 78.1 Å². The van der Waals surface area contributed by atoms with Gasteiger partial charge in [0.1, 0.15) is 24.0 Å². The average molecular weight is 309 g/mol. The van der Waals surface area contributed by atoms with E-state index in [1.807, 2.05) is 36.1 Å². The predicted molar refractivity (Wildman–Crippen MR) is 87.9 cm³/mol. The Hall–Kier alpha value is -2.66. The van der Waals surface area contributed by atoms with E-state index in [9.17, 15) is 5.11 Å². The molecule has 1 N–H and O–H groups in total. The van der Waals surface area contributed by atoms with Crippen molar-refractivity contribution >= 4 is 5.82 Å². The third-order valence-corrected chi connectivity index (χ3v) is 3.59. The number of benzene rings is 1. The summed E-state index contributed by atoms with van der Waals surface area (Å²) >= 11 is 0. The smallest absolute Gasteiger partial charge is 0.134 e. The summed E-state index contributed by atoms with van der Waals surface area (Å²) in [5.74, 6) is 1.33. The second-order valence-corrected chi connectivity index (χ2v) is 5.41. The molecule has 0 aliphatic rings. The Morgan fingerprint density at radius 2 is 1.96 bits per heavy atom. The van der Waals surface area contributed by atoms with Crippen molar-refractivity contribution in [3.8, 4) is 0 Å². The largest absolute Gasteiger partial charge is 0.467 e. The molecule has 2 aromatic heterocycles. The third kappa shape index (κ3) is 3.96. The fourth-order valence-corrected chi connectivity index (χ4v) is 2.44. The van der Waals surface area contributed by atoms with E-state index in [4.69, 9.17) is 4.42 Å². The molecule has 0 unspecified atom stereocenters. The van der Waals surface area contributed by atoms with Gasteiger partial charge in [0.2, 0.25) is 0 Å². The fourth-order valence-electron chi connectivity index (χ4n) is 2.44. The highest BCUT2D eigenvalue weighted by atomic mass is 16.4. The monoisotopic (exact) mass is 309 g/mol. The summed E-state index contributed by atoms with van der Waals surface area (Å²) in [6.45, 7) is 2.96. The van der Waals surface area contributed by atoms with Crippen LogP contribution in [0.2, 0.25) is 0 Å². The number of anilines is 1. The molecule has 0 saturated carbocycles. The molecule has 0 bridgehead atoms. The molecule has 0 saturated heterocycles. The maximum absolute atomic E-state index is 10.4. The van der Waals surface area contributed by atoms with Crippen molar-refractivity contribution in [3.63, 3.8) is 0 Å². The summed E-state index contributed by atoms with van der Waals surface area (Å²) in [5, 5.41) is 10.4. The molecule has 0 amide bonds. The van der Waals surface area contributed by atoms with Gasteiger partial charge >= 0.3 is 0 Å². The van der Waals surface area contributed by atoms with Crippen LogP contribution in [0.25, 0.3) is 0 Å². The Labute approximate surface area is 135 Å². The molecule has 1 atom stereocenters. The van der Waals surface area contributed by atoms with Crippen LogP contribution < -0.4 is 4.90 Å². The molecule has 0 spiro atoms. The van der Waals surface area contributed by atoms with Crippen molar-refractivity contribution in [2.75, 3.05) is 11.4 Å². The van der Waals surface area contributed by atoms with Gasteiger partial charge in [-0.15, -0.1) is 0 Å². The molecule has 0 radical (unpaired) electrons. The van der Waals surface area contributed by atoms with Gasteiger partial charge in [-0.1, -0.05) is 30.3 Å². The summed E-state index contributed by atoms with van der Waals surface area (Å²) in [7, 11) is 0. The molecule has 5 nitrogen and oxygen atoms in total. The zero-order chi connectivity index (χ0) is 16.1. The quantitative estimate of drug-likeness (QED) is 0.758. The highest BCUT2D eigenvalue weighted by Crippen LogP contribution is 2.21. The number of rotatable bonds is 6. The van der Waals surface area contributed by atoms with Crippen LogP contribution >= 0.6 is 0 Å². The highest BCUT2D eigenvalue weighted by molar-refractivity contribution is 5.40. The van der Waals surface area contributed by atoms with E-state index in [0.29, 0.717) is 18.8 Å². The van der Waals surface area contributed by atoms with Crippen LogP contribution in [-0.2, 0) is 6.54 Å². The van der Waals surface area contributed by atoms with Crippen LogP contribution in [0.15, 0.2) is 65.5 Å². The number of aromatic nitrogens is 2. The van der Waals surface area contributed by atoms with Crippen LogP contribution in [0.3, 0.4) is 0 Å². The lowest BCUT2D eigenvalue weighted by Gasteiger charge is -2.26.